The van der Waals surface area contributed by atoms with Crippen LogP contribution in [0.25, 0.3) is 0 Å². The van der Waals surface area contributed by atoms with E-state index in [0.717, 1.165) is 55.1 Å². The Labute approximate surface area is 154 Å². The molecule has 1 unspecified atom stereocenters. The molecule has 4 nitrogen and oxygen atoms in total. The number of sulfonamides is 1. The number of likely N-dealkylation sites (tertiary alicyclic amines) is 1. The van der Waals surface area contributed by atoms with Gasteiger partial charge in [0, 0.05) is 11.4 Å². The fraction of sp³-hybridized carbons (Fsp3) is 0.412. The standard InChI is InChI=1S/C17H19F3N2O2S2/c18-17(19,20)13-5-7-14(8-6-13)26(23,24)21-12-15(16-4-3-11-25-16)22-9-1-2-10-22/h3-8,11,15,21H,1-2,9-10,12H2. The van der Waals surface area contributed by atoms with Gasteiger partial charge in [0.15, 0.2) is 0 Å². The van der Waals surface area contributed by atoms with Crippen LogP contribution in [0.1, 0.15) is 29.3 Å². The summed E-state index contributed by atoms with van der Waals surface area (Å²) in [4.78, 5) is 3.14. The number of rotatable bonds is 6. The number of hydrogen-bond acceptors (Lipinski definition) is 4. The first-order chi connectivity index (χ1) is 12.3. The van der Waals surface area contributed by atoms with E-state index in [9.17, 15) is 21.6 Å². The molecule has 9 heteroatoms. The van der Waals surface area contributed by atoms with E-state index in [2.05, 4.69) is 9.62 Å². The Morgan fingerprint density at radius 2 is 1.77 bits per heavy atom. The zero-order valence-corrected chi connectivity index (χ0v) is 15.5. The second-order valence-corrected chi connectivity index (χ2v) is 8.89. The highest BCUT2D eigenvalue weighted by molar-refractivity contribution is 7.89. The molecule has 1 aromatic carbocycles. The maximum atomic E-state index is 12.6. The van der Waals surface area contributed by atoms with Crippen LogP contribution >= 0.6 is 11.3 Å². The average Bonchev–Trinajstić information content (AvgIpc) is 3.28. The summed E-state index contributed by atoms with van der Waals surface area (Å²) < 4.78 is 65.4. The van der Waals surface area contributed by atoms with Crippen molar-refractivity contribution in [1.82, 2.24) is 9.62 Å². The summed E-state index contributed by atoms with van der Waals surface area (Å²) in [7, 11) is -3.88. The Morgan fingerprint density at radius 3 is 2.31 bits per heavy atom. The van der Waals surface area contributed by atoms with Gasteiger partial charge in [-0.2, -0.15) is 13.2 Å². The molecular weight excluding hydrogens is 385 g/mol. The highest BCUT2D eigenvalue weighted by Crippen LogP contribution is 2.30. The number of nitrogens with zero attached hydrogens (tertiary/aromatic N) is 1. The molecule has 0 bridgehead atoms. The van der Waals surface area contributed by atoms with Crippen LogP contribution in [0.15, 0.2) is 46.7 Å². The van der Waals surface area contributed by atoms with E-state index in [0.29, 0.717) is 0 Å². The summed E-state index contributed by atoms with van der Waals surface area (Å²) >= 11 is 1.57. The van der Waals surface area contributed by atoms with Crippen molar-refractivity contribution in [2.45, 2.75) is 30.0 Å². The molecule has 2 aromatic rings. The summed E-state index contributed by atoms with van der Waals surface area (Å²) in [5.41, 5.74) is -0.870. The molecule has 142 valence electrons. The monoisotopic (exact) mass is 404 g/mol. The average molecular weight is 404 g/mol. The molecule has 1 aliphatic rings. The van der Waals surface area contributed by atoms with Crippen LogP contribution in [0.5, 0.6) is 0 Å². The largest absolute Gasteiger partial charge is 0.416 e. The van der Waals surface area contributed by atoms with Crippen molar-refractivity contribution < 1.29 is 21.6 Å². The zero-order valence-electron chi connectivity index (χ0n) is 13.9. The summed E-state index contributed by atoms with van der Waals surface area (Å²) in [6, 6.07) is 7.37. The quantitative estimate of drug-likeness (QED) is 0.795. The first-order valence-electron chi connectivity index (χ1n) is 8.22. The Balaban J connectivity index is 1.73. The smallest absolute Gasteiger partial charge is 0.294 e. The van der Waals surface area contributed by atoms with Gasteiger partial charge in [-0.05, 0) is 61.6 Å². The molecule has 1 atom stereocenters. The minimum atomic E-state index is -4.49. The second kappa shape index (κ2) is 7.67. The second-order valence-electron chi connectivity index (χ2n) is 6.15. The molecule has 26 heavy (non-hydrogen) atoms. The lowest BCUT2D eigenvalue weighted by atomic mass is 10.2. The Bertz CT molecular complexity index is 813. The van der Waals surface area contributed by atoms with Crippen LogP contribution in [0, 0.1) is 0 Å². The first kappa shape index (κ1) is 19.3. The molecule has 0 radical (unpaired) electrons. The molecule has 1 N–H and O–H groups in total. The van der Waals surface area contributed by atoms with Gasteiger partial charge in [0.2, 0.25) is 10.0 Å². The Hall–Kier alpha value is -1.42. The molecule has 1 saturated heterocycles. The van der Waals surface area contributed by atoms with E-state index in [-0.39, 0.29) is 17.5 Å². The number of alkyl halides is 3. The van der Waals surface area contributed by atoms with Crippen LogP contribution in [0.4, 0.5) is 13.2 Å². The normalized spacial score (nSPS) is 17.5. The SMILES string of the molecule is O=S(=O)(NCC(c1cccs1)N1CCCC1)c1ccc(C(F)(F)F)cc1. The van der Waals surface area contributed by atoms with Gasteiger partial charge in [-0.3, -0.25) is 4.90 Å². The summed E-state index contributed by atoms with van der Waals surface area (Å²) in [5, 5.41) is 1.95. The van der Waals surface area contributed by atoms with Crippen LogP contribution in [-0.2, 0) is 16.2 Å². The Morgan fingerprint density at radius 1 is 1.12 bits per heavy atom. The van der Waals surface area contributed by atoms with Gasteiger partial charge in [-0.1, -0.05) is 6.07 Å². The molecular formula is C17H19F3N2O2S2. The minimum absolute atomic E-state index is 0.0678. The van der Waals surface area contributed by atoms with E-state index in [1.807, 2.05) is 17.5 Å². The molecule has 0 amide bonds. The third-order valence-electron chi connectivity index (χ3n) is 4.41. The molecule has 1 aliphatic heterocycles. The van der Waals surface area contributed by atoms with Gasteiger partial charge in [0.05, 0.1) is 16.5 Å². The van der Waals surface area contributed by atoms with E-state index >= 15 is 0 Å². The topological polar surface area (TPSA) is 49.4 Å². The fourth-order valence-electron chi connectivity index (χ4n) is 3.04. The molecule has 0 spiro atoms. The highest BCUT2D eigenvalue weighted by atomic mass is 32.2. The van der Waals surface area contributed by atoms with Crippen LogP contribution < -0.4 is 4.72 Å². The maximum absolute atomic E-state index is 12.6. The van der Waals surface area contributed by atoms with Gasteiger partial charge in [-0.25, -0.2) is 13.1 Å². The number of halogens is 3. The van der Waals surface area contributed by atoms with Gasteiger partial charge in [0.25, 0.3) is 0 Å². The van der Waals surface area contributed by atoms with E-state index in [4.69, 9.17) is 0 Å². The lowest BCUT2D eigenvalue weighted by Gasteiger charge is -2.26. The molecule has 2 heterocycles. The summed E-state index contributed by atoms with van der Waals surface area (Å²) in [6.07, 6.45) is -2.34. The van der Waals surface area contributed by atoms with Crippen LogP contribution in [0.3, 0.4) is 0 Å². The molecule has 0 saturated carbocycles. The third-order valence-corrected chi connectivity index (χ3v) is 6.82. The number of benzene rings is 1. The van der Waals surface area contributed by atoms with Crippen molar-refractivity contribution in [2.75, 3.05) is 19.6 Å². The van der Waals surface area contributed by atoms with E-state index < -0.39 is 21.8 Å². The van der Waals surface area contributed by atoms with Crippen molar-refractivity contribution >= 4 is 21.4 Å². The van der Waals surface area contributed by atoms with Gasteiger partial charge < -0.3 is 0 Å². The van der Waals surface area contributed by atoms with Crippen molar-refractivity contribution in [3.8, 4) is 0 Å². The number of hydrogen-bond donors (Lipinski definition) is 1. The van der Waals surface area contributed by atoms with Crippen molar-refractivity contribution in [1.29, 1.82) is 0 Å². The minimum Gasteiger partial charge on any atom is -0.294 e. The molecule has 0 aliphatic carbocycles. The van der Waals surface area contributed by atoms with Gasteiger partial charge >= 0.3 is 6.18 Å². The summed E-state index contributed by atoms with van der Waals surface area (Å²) in [6.45, 7) is 2.00. The highest BCUT2D eigenvalue weighted by Gasteiger charge is 2.31. The third kappa shape index (κ3) is 4.46. The van der Waals surface area contributed by atoms with Gasteiger partial charge in [0.1, 0.15) is 0 Å². The lowest BCUT2D eigenvalue weighted by molar-refractivity contribution is -0.137. The van der Waals surface area contributed by atoms with Crippen molar-refractivity contribution in [3.63, 3.8) is 0 Å². The predicted octanol–water partition coefficient (Wildman–Crippen LogP) is 3.88. The van der Waals surface area contributed by atoms with Crippen LogP contribution in [-0.4, -0.2) is 33.0 Å². The maximum Gasteiger partial charge on any atom is 0.416 e. The fourth-order valence-corrected chi connectivity index (χ4v) is 4.94. The predicted molar refractivity (Wildman–Crippen MR) is 94.5 cm³/mol. The lowest BCUT2D eigenvalue weighted by Crippen LogP contribution is -2.36. The first-order valence-corrected chi connectivity index (χ1v) is 10.6. The van der Waals surface area contributed by atoms with Crippen LogP contribution in [0.2, 0.25) is 0 Å². The van der Waals surface area contributed by atoms with Crippen molar-refractivity contribution in [2.24, 2.45) is 0 Å². The Kier molecular flexibility index (Phi) is 5.71. The molecule has 1 fully saturated rings. The zero-order chi connectivity index (χ0) is 18.8. The van der Waals surface area contributed by atoms with E-state index in [1.165, 1.54) is 0 Å². The molecule has 1 aromatic heterocycles. The number of nitrogens with one attached hydrogen (secondary N) is 1. The molecule has 3 rings (SSSR count). The summed E-state index contributed by atoms with van der Waals surface area (Å²) in [5.74, 6) is 0. The van der Waals surface area contributed by atoms with Crippen molar-refractivity contribution in [3.05, 3.63) is 52.2 Å². The van der Waals surface area contributed by atoms with Gasteiger partial charge in [-0.15, -0.1) is 11.3 Å². The van der Waals surface area contributed by atoms with E-state index in [1.54, 1.807) is 11.3 Å². The number of thiophene rings is 1.